The van der Waals surface area contributed by atoms with Gasteiger partial charge in [-0.3, -0.25) is 0 Å². The Morgan fingerprint density at radius 1 is 0.875 bits per heavy atom. The Hall–Kier alpha value is -2.31. The van der Waals surface area contributed by atoms with E-state index in [9.17, 15) is 4.39 Å². The van der Waals surface area contributed by atoms with E-state index in [1.807, 2.05) is 18.7 Å². The van der Waals surface area contributed by atoms with Crippen LogP contribution < -0.4 is 9.80 Å². The summed E-state index contributed by atoms with van der Waals surface area (Å²) >= 11 is 0. The van der Waals surface area contributed by atoms with Crippen LogP contribution in [-0.4, -0.2) is 46.1 Å². The average Bonchev–Trinajstić information content (AvgIpc) is 2.62. The normalized spacial score (nSPS) is 15.0. The Bertz CT molecular complexity index is 712. The van der Waals surface area contributed by atoms with Gasteiger partial charge in [0.1, 0.15) is 18.5 Å². The summed E-state index contributed by atoms with van der Waals surface area (Å²) in [5, 5.41) is 0. The molecule has 0 aromatic carbocycles. The number of aromatic nitrogens is 4. The van der Waals surface area contributed by atoms with Gasteiger partial charge in [-0.25, -0.2) is 24.3 Å². The first-order valence-corrected chi connectivity index (χ1v) is 8.45. The van der Waals surface area contributed by atoms with E-state index in [1.54, 1.807) is 6.33 Å². The first-order valence-electron chi connectivity index (χ1n) is 8.45. The number of halogens is 1. The molecular formula is C17H23FN6. The zero-order chi connectivity index (χ0) is 17.1. The van der Waals surface area contributed by atoms with Gasteiger partial charge in [0.05, 0.1) is 5.69 Å². The summed E-state index contributed by atoms with van der Waals surface area (Å²) < 4.78 is 14.4. The molecule has 0 saturated carbocycles. The van der Waals surface area contributed by atoms with Crippen molar-refractivity contribution in [1.29, 1.82) is 0 Å². The van der Waals surface area contributed by atoms with Crippen molar-refractivity contribution in [3.05, 3.63) is 35.4 Å². The Morgan fingerprint density at radius 2 is 1.46 bits per heavy atom. The number of piperazine rings is 1. The minimum atomic E-state index is -0.291. The predicted octanol–water partition coefficient (Wildman–Crippen LogP) is 2.17. The molecule has 0 N–H and O–H groups in total. The van der Waals surface area contributed by atoms with E-state index in [4.69, 9.17) is 0 Å². The van der Waals surface area contributed by atoms with Crippen LogP contribution in [0.15, 0.2) is 12.7 Å². The minimum Gasteiger partial charge on any atom is -0.353 e. The number of aryl methyl sites for hydroxylation is 2. The SMILES string of the molecule is CCc1ncnc(N2CCN(c3ncnc(C)c3CC)CC2)c1F. The molecule has 1 fully saturated rings. The van der Waals surface area contributed by atoms with E-state index < -0.39 is 0 Å². The Morgan fingerprint density at radius 3 is 2.08 bits per heavy atom. The fourth-order valence-electron chi connectivity index (χ4n) is 3.17. The lowest BCUT2D eigenvalue weighted by Gasteiger charge is -2.37. The molecule has 1 saturated heterocycles. The van der Waals surface area contributed by atoms with Crippen LogP contribution in [0.3, 0.4) is 0 Å². The molecule has 0 spiro atoms. The third-order valence-electron chi connectivity index (χ3n) is 4.55. The topological polar surface area (TPSA) is 58.0 Å². The highest BCUT2D eigenvalue weighted by Crippen LogP contribution is 2.24. The van der Waals surface area contributed by atoms with Crippen LogP contribution in [0, 0.1) is 12.7 Å². The summed E-state index contributed by atoms with van der Waals surface area (Å²) in [4.78, 5) is 21.2. The molecular weight excluding hydrogens is 307 g/mol. The van der Waals surface area contributed by atoms with E-state index in [1.165, 1.54) is 11.9 Å². The first-order chi connectivity index (χ1) is 11.7. The van der Waals surface area contributed by atoms with Crippen molar-refractivity contribution < 1.29 is 4.39 Å². The quantitative estimate of drug-likeness (QED) is 0.856. The molecule has 3 heterocycles. The molecule has 0 amide bonds. The molecule has 3 rings (SSSR count). The number of hydrogen-bond donors (Lipinski definition) is 0. The van der Waals surface area contributed by atoms with Gasteiger partial charge in [-0.05, 0) is 19.8 Å². The maximum Gasteiger partial charge on any atom is 0.187 e. The Balaban J connectivity index is 1.76. The summed E-state index contributed by atoms with van der Waals surface area (Å²) in [5.74, 6) is 1.12. The standard InChI is InChI=1S/C17H23FN6/c1-4-13-12(3)19-10-21-16(13)23-6-8-24(9-7-23)17-15(18)14(5-2)20-11-22-17/h10-11H,4-9H2,1-3H3. The maximum atomic E-state index is 14.4. The second kappa shape index (κ2) is 7.07. The van der Waals surface area contributed by atoms with Crippen LogP contribution in [0.4, 0.5) is 16.0 Å². The van der Waals surface area contributed by atoms with E-state index >= 15 is 0 Å². The molecule has 7 heteroatoms. The fraction of sp³-hybridized carbons (Fsp3) is 0.529. The van der Waals surface area contributed by atoms with Crippen LogP contribution in [0.5, 0.6) is 0 Å². The molecule has 0 aliphatic carbocycles. The van der Waals surface area contributed by atoms with Crippen molar-refractivity contribution >= 4 is 11.6 Å². The highest BCUT2D eigenvalue weighted by Gasteiger charge is 2.24. The molecule has 0 unspecified atom stereocenters. The average molecular weight is 330 g/mol. The predicted molar refractivity (Wildman–Crippen MR) is 91.9 cm³/mol. The largest absolute Gasteiger partial charge is 0.353 e. The fourth-order valence-corrected chi connectivity index (χ4v) is 3.17. The molecule has 6 nitrogen and oxygen atoms in total. The number of hydrogen-bond acceptors (Lipinski definition) is 6. The zero-order valence-electron chi connectivity index (χ0n) is 14.5. The van der Waals surface area contributed by atoms with Crippen molar-refractivity contribution in [2.75, 3.05) is 36.0 Å². The second-order valence-electron chi connectivity index (χ2n) is 5.90. The minimum absolute atomic E-state index is 0.291. The molecule has 128 valence electrons. The molecule has 1 aliphatic rings. The molecule has 0 bridgehead atoms. The van der Waals surface area contributed by atoms with Gasteiger partial charge >= 0.3 is 0 Å². The van der Waals surface area contributed by atoms with Gasteiger partial charge < -0.3 is 9.80 Å². The summed E-state index contributed by atoms with van der Waals surface area (Å²) in [7, 11) is 0. The molecule has 2 aromatic rings. The molecule has 1 aliphatic heterocycles. The highest BCUT2D eigenvalue weighted by molar-refractivity contribution is 5.51. The van der Waals surface area contributed by atoms with Gasteiger partial charge in [0, 0.05) is 37.4 Å². The van der Waals surface area contributed by atoms with Gasteiger partial charge in [-0.1, -0.05) is 13.8 Å². The van der Waals surface area contributed by atoms with Crippen LogP contribution in [0.1, 0.15) is 30.8 Å². The van der Waals surface area contributed by atoms with Crippen LogP contribution >= 0.6 is 0 Å². The lowest BCUT2D eigenvalue weighted by Crippen LogP contribution is -2.47. The van der Waals surface area contributed by atoms with E-state index in [2.05, 4.69) is 31.8 Å². The number of anilines is 2. The van der Waals surface area contributed by atoms with E-state index in [0.29, 0.717) is 31.0 Å². The van der Waals surface area contributed by atoms with Crippen LogP contribution in [-0.2, 0) is 12.8 Å². The van der Waals surface area contributed by atoms with Gasteiger partial charge in [0.2, 0.25) is 0 Å². The zero-order valence-corrected chi connectivity index (χ0v) is 14.5. The van der Waals surface area contributed by atoms with Crippen molar-refractivity contribution in [3.63, 3.8) is 0 Å². The molecule has 2 aromatic heterocycles. The van der Waals surface area contributed by atoms with Crippen molar-refractivity contribution in [3.8, 4) is 0 Å². The molecule has 24 heavy (non-hydrogen) atoms. The number of rotatable bonds is 4. The van der Waals surface area contributed by atoms with Gasteiger partial charge in [-0.15, -0.1) is 0 Å². The Kier molecular flexibility index (Phi) is 4.87. The summed E-state index contributed by atoms with van der Waals surface area (Å²) in [5.41, 5.74) is 2.69. The third-order valence-corrected chi connectivity index (χ3v) is 4.55. The maximum absolute atomic E-state index is 14.4. The summed E-state index contributed by atoms with van der Waals surface area (Å²) in [6.45, 7) is 9.03. The molecule has 0 atom stereocenters. The van der Waals surface area contributed by atoms with Gasteiger partial charge in [0.15, 0.2) is 11.6 Å². The first kappa shape index (κ1) is 16.5. The van der Waals surface area contributed by atoms with Crippen molar-refractivity contribution in [1.82, 2.24) is 19.9 Å². The van der Waals surface area contributed by atoms with Crippen LogP contribution in [0.25, 0.3) is 0 Å². The van der Waals surface area contributed by atoms with E-state index in [-0.39, 0.29) is 5.82 Å². The Labute approximate surface area is 141 Å². The van der Waals surface area contributed by atoms with Gasteiger partial charge in [-0.2, -0.15) is 0 Å². The smallest absolute Gasteiger partial charge is 0.187 e. The molecule has 0 radical (unpaired) electrons. The van der Waals surface area contributed by atoms with Crippen LogP contribution in [0.2, 0.25) is 0 Å². The van der Waals surface area contributed by atoms with Gasteiger partial charge in [0.25, 0.3) is 0 Å². The van der Waals surface area contributed by atoms with Crippen molar-refractivity contribution in [2.45, 2.75) is 33.6 Å². The van der Waals surface area contributed by atoms with Crippen molar-refractivity contribution in [2.24, 2.45) is 0 Å². The summed E-state index contributed by atoms with van der Waals surface area (Å²) in [6.07, 6.45) is 4.55. The number of nitrogens with zero attached hydrogens (tertiary/aromatic N) is 6. The monoisotopic (exact) mass is 330 g/mol. The second-order valence-corrected chi connectivity index (χ2v) is 5.90. The lowest BCUT2D eigenvalue weighted by atomic mass is 10.1. The lowest BCUT2D eigenvalue weighted by molar-refractivity contribution is 0.567. The summed E-state index contributed by atoms with van der Waals surface area (Å²) in [6, 6.07) is 0. The third kappa shape index (κ3) is 3.02. The van der Waals surface area contributed by atoms with E-state index in [0.717, 1.165) is 31.0 Å². The highest BCUT2D eigenvalue weighted by atomic mass is 19.1.